The fraction of sp³-hybridized carbons (Fsp3) is 0.333. The van der Waals surface area contributed by atoms with E-state index in [1.54, 1.807) is 0 Å². The van der Waals surface area contributed by atoms with Crippen molar-refractivity contribution in [3.63, 3.8) is 0 Å². The van der Waals surface area contributed by atoms with Crippen molar-refractivity contribution in [2.75, 3.05) is 0 Å². The van der Waals surface area contributed by atoms with E-state index >= 15 is 0 Å². The van der Waals surface area contributed by atoms with Gasteiger partial charge in [-0.05, 0) is 17.0 Å². The third kappa shape index (κ3) is 12.7. The van der Waals surface area contributed by atoms with Crippen LogP contribution in [0.15, 0.2) is 0 Å². The Kier molecular flexibility index (Phi) is 5.60. The van der Waals surface area contributed by atoms with Gasteiger partial charge in [0.25, 0.3) is 0 Å². The molecule has 0 aromatic heterocycles. The van der Waals surface area contributed by atoms with Crippen molar-refractivity contribution in [1.82, 2.24) is 0 Å². The Balaban J connectivity index is 5.30. The van der Waals surface area contributed by atoms with Gasteiger partial charge in [0.2, 0.25) is 0 Å². The second-order valence-electron chi connectivity index (χ2n) is 2.54. The van der Waals surface area contributed by atoms with Crippen molar-refractivity contribution in [2.24, 2.45) is 0 Å². The monoisotopic (exact) mass is 310 g/mol. The predicted molar refractivity (Wildman–Crippen MR) is 48.4 cm³/mol. The van der Waals surface area contributed by atoms with Crippen LogP contribution in [0.25, 0.3) is 0 Å². The Bertz CT molecular complexity index is 412. The van der Waals surface area contributed by atoms with Crippen molar-refractivity contribution in [3.8, 4) is 34.7 Å². The molecule has 0 bridgehead atoms. The summed E-state index contributed by atoms with van der Waals surface area (Å²) in [7, 11) is -3.00. The van der Waals surface area contributed by atoms with E-state index in [-0.39, 0.29) is 0 Å². The van der Waals surface area contributed by atoms with E-state index in [0.717, 1.165) is 17.0 Å². The van der Waals surface area contributed by atoms with Crippen molar-refractivity contribution in [1.29, 1.82) is 0 Å². The standard InChI is InChI=1S/C9F9P/c10-7(11,12)1-4-19(5-2-8(13,14)15)6-3-9(16,17)18. The molecule has 10 heteroatoms. The third-order valence-electron chi connectivity index (χ3n) is 0.928. The molecular formula is C9F9P. The van der Waals surface area contributed by atoms with E-state index in [0.29, 0.717) is 17.8 Å². The van der Waals surface area contributed by atoms with Crippen LogP contribution in [0.2, 0.25) is 0 Å². The molecule has 0 saturated heterocycles. The van der Waals surface area contributed by atoms with Gasteiger partial charge in [-0.2, -0.15) is 39.5 Å². The van der Waals surface area contributed by atoms with Crippen molar-refractivity contribution < 1.29 is 39.5 Å². The predicted octanol–water partition coefficient (Wildman–Crippen LogP) is 4.04. The Morgan fingerprint density at radius 2 is 0.684 bits per heavy atom. The van der Waals surface area contributed by atoms with Gasteiger partial charge in [-0.15, -0.1) is 0 Å². The van der Waals surface area contributed by atoms with Gasteiger partial charge in [-0.1, -0.05) is 0 Å². The molecule has 0 amide bonds. The molecule has 0 aliphatic carbocycles. The summed E-state index contributed by atoms with van der Waals surface area (Å²) in [6, 6.07) is 0. The first-order valence-electron chi connectivity index (χ1n) is 3.87. The maximum Gasteiger partial charge on any atom is 0.458 e. The number of alkyl halides is 9. The van der Waals surface area contributed by atoms with Gasteiger partial charge in [-0.25, -0.2) is 0 Å². The van der Waals surface area contributed by atoms with Crippen LogP contribution in [0.3, 0.4) is 0 Å². The molecule has 0 saturated carbocycles. The second-order valence-corrected chi connectivity index (χ2v) is 3.88. The summed E-state index contributed by atoms with van der Waals surface area (Å²) in [5, 5.41) is 0. The van der Waals surface area contributed by atoms with E-state index in [2.05, 4.69) is 0 Å². The SMILES string of the molecule is FC(F)(F)C#CP(C#CC(F)(F)F)C#CC(F)(F)F. The first-order chi connectivity index (χ1) is 8.29. The van der Waals surface area contributed by atoms with Crippen LogP contribution in [-0.2, 0) is 0 Å². The zero-order valence-electron chi connectivity index (χ0n) is 8.35. The fourth-order valence-electron chi connectivity index (χ4n) is 0.442. The minimum Gasteiger partial charge on any atom is -0.159 e. The molecule has 0 aliphatic rings. The van der Waals surface area contributed by atoms with Gasteiger partial charge in [0.1, 0.15) is 7.92 Å². The Labute approximate surface area is 102 Å². The first-order valence-corrected chi connectivity index (χ1v) is 5.21. The quantitative estimate of drug-likeness (QED) is 0.360. The summed E-state index contributed by atoms with van der Waals surface area (Å²) in [6.45, 7) is 0. The van der Waals surface area contributed by atoms with Crippen molar-refractivity contribution in [2.45, 2.75) is 18.5 Å². The van der Waals surface area contributed by atoms with Gasteiger partial charge in [0, 0.05) is 17.8 Å². The van der Waals surface area contributed by atoms with E-state index in [1.807, 2.05) is 0 Å². The molecule has 0 rings (SSSR count). The minimum absolute atomic E-state index is 0.534. The van der Waals surface area contributed by atoms with Crippen LogP contribution in [0.1, 0.15) is 0 Å². The normalized spacial score (nSPS) is 11.7. The van der Waals surface area contributed by atoms with Crippen molar-refractivity contribution in [3.05, 3.63) is 0 Å². The Morgan fingerprint density at radius 1 is 0.474 bits per heavy atom. The Hall–Kier alpha value is -1.52. The number of hydrogen-bond acceptors (Lipinski definition) is 0. The molecule has 0 aromatic rings. The lowest BCUT2D eigenvalue weighted by Gasteiger charge is -1.96. The van der Waals surface area contributed by atoms with Gasteiger partial charge >= 0.3 is 18.5 Å². The number of halogens is 9. The summed E-state index contributed by atoms with van der Waals surface area (Å²) in [4.78, 5) is 0. The summed E-state index contributed by atoms with van der Waals surface area (Å²) >= 11 is 0. The van der Waals surface area contributed by atoms with E-state index in [4.69, 9.17) is 0 Å². The fourth-order valence-corrected chi connectivity index (χ4v) is 1.33. The summed E-state index contributed by atoms with van der Waals surface area (Å²) < 4.78 is 105. The third-order valence-corrected chi connectivity index (χ3v) is 1.93. The van der Waals surface area contributed by atoms with Crippen LogP contribution < -0.4 is 0 Å². The molecule has 19 heavy (non-hydrogen) atoms. The zero-order valence-corrected chi connectivity index (χ0v) is 9.24. The minimum atomic E-state index is -5.06. The average Bonchev–Trinajstić information content (AvgIpc) is 2.11. The molecule has 0 aromatic carbocycles. The van der Waals surface area contributed by atoms with Crippen LogP contribution in [0.4, 0.5) is 39.5 Å². The van der Waals surface area contributed by atoms with E-state index in [1.165, 1.54) is 0 Å². The molecule has 0 N–H and O–H groups in total. The average molecular weight is 310 g/mol. The Morgan fingerprint density at radius 3 is 0.842 bits per heavy atom. The highest BCUT2D eigenvalue weighted by Gasteiger charge is 2.26. The lowest BCUT2D eigenvalue weighted by molar-refractivity contribution is -0.0704. The molecule has 0 fully saturated rings. The summed E-state index contributed by atoms with van der Waals surface area (Å²) in [6.07, 6.45) is -15.2. The molecule has 0 nitrogen and oxygen atoms in total. The van der Waals surface area contributed by atoms with Gasteiger partial charge < -0.3 is 0 Å². The highest BCUT2D eigenvalue weighted by atomic mass is 31.1. The molecule has 0 atom stereocenters. The molecule has 0 aliphatic heterocycles. The number of rotatable bonds is 0. The zero-order chi connectivity index (χ0) is 15.3. The summed E-state index contributed by atoms with van der Waals surface area (Å²) in [5.74, 6) is 1.60. The highest BCUT2D eigenvalue weighted by molar-refractivity contribution is 7.72. The van der Waals surface area contributed by atoms with Crippen molar-refractivity contribution >= 4 is 7.92 Å². The van der Waals surface area contributed by atoms with Gasteiger partial charge in [-0.3, -0.25) is 0 Å². The first kappa shape index (κ1) is 17.5. The molecular weight excluding hydrogens is 310 g/mol. The molecule has 0 radical (unpaired) electrons. The van der Waals surface area contributed by atoms with Gasteiger partial charge in [0.05, 0.1) is 0 Å². The highest BCUT2D eigenvalue weighted by Crippen LogP contribution is 2.33. The molecule has 0 unspecified atom stereocenters. The largest absolute Gasteiger partial charge is 0.458 e. The van der Waals surface area contributed by atoms with E-state index < -0.39 is 26.5 Å². The molecule has 104 valence electrons. The summed E-state index contributed by atoms with van der Waals surface area (Å²) in [5.41, 5.74) is 3.44. The topological polar surface area (TPSA) is 0 Å². The van der Waals surface area contributed by atoms with Crippen LogP contribution in [0.5, 0.6) is 0 Å². The maximum absolute atomic E-state index is 11.7. The van der Waals surface area contributed by atoms with Crippen LogP contribution >= 0.6 is 7.92 Å². The van der Waals surface area contributed by atoms with E-state index in [9.17, 15) is 39.5 Å². The van der Waals surface area contributed by atoms with Crippen LogP contribution in [0, 0.1) is 34.7 Å². The second kappa shape index (κ2) is 6.08. The maximum atomic E-state index is 11.7. The van der Waals surface area contributed by atoms with Crippen LogP contribution in [-0.4, -0.2) is 18.5 Å². The lowest BCUT2D eigenvalue weighted by atomic mass is 10.7. The molecule has 0 heterocycles. The smallest absolute Gasteiger partial charge is 0.159 e. The van der Waals surface area contributed by atoms with Gasteiger partial charge in [0.15, 0.2) is 0 Å². The molecule has 0 spiro atoms. The number of hydrogen-bond donors (Lipinski definition) is 0. The lowest BCUT2D eigenvalue weighted by Crippen LogP contribution is -2.02.